The van der Waals surface area contributed by atoms with Gasteiger partial charge in [0, 0.05) is 17.2 Å². The van der Waals surface area contributed by atoms with Crippen molar-refractivity contribution in [2.24, 2.45) is 0 Å². The molecule has 0 radical (unpaired) electrons. The van der Waals surface area contributed by atoms with Crippen LogP contribution in [0.25, 0.3) is 0 Å². The third-order valence-electron chi connectivity index (χ3n) is 3.43. The number of amides is 1. The van der Waals surface area contributed by atoms with Crippen LogP contribution in [-0.4, -0.2) is 25.7 Å². The van der Waals surface area contributed by atoms with Gasteiger partial charge in [0.25, 0.3) is 0 Å². The van der Waals surface area contributed by atoms with E-state index in [9.17, 15) is 9.59 Å². The van der Waals surface area contributed by atoms with Crippen molar-refractivity contribution >= 4 is 12.4 Å². The molecule has 0 atom stereocenters. The number of hydrogen-bond donors (Lipinski definition) is 1. The zero-order chi connectivity index (χ0) is 17.5. The topological polar surface area (TPSA) is 73.9 Å². The SMILES string of the molecule is O=Cc1cc2c(cc1C#CCNC(=O)OCc1ccccc1)OCO2. The summed E-state index contributed by atoms with van der Waals surface area (Å²) in [6.45, 7) is 0.414. The molecule has 1 aliphatic heterocycles. The van der Waals surface area contributed by atoms with Gasteiger partial charge >= 0.3 is 6.09 Å². The molecule has 0 saturated carbocycles. The van der Waals surface area contributed by atoms with Gasteiger partial charge in [-0.1, -0.05) is 42.2 Å². The van der Waals surface area contributed by atoms with Crippen molar-refractivity contribution in [1.82, 2.24) is 5.32 Å². The van der Waals surface area contributed by atoms with Crippen molar-refractivity contribution in [2.45, 2.75) is 6.61 Å². The molecule has 0 bridgehead atoms. The first-order valence-electron chi connectivity index (χ1n) is 7.58. The molecule has 1 aliphatic rings. The van der Waals surface area contributed by atoms with Gasteiger partial charge in [-0.2, -0.15) is 0 Å². The molecule has 0 aliphatic carbocycles. The molecule has 0 fully saturated rings. The van der Waals surface area contributed by atoms with Gasteiger partial charge in [-0.15, -0.1) is 0 Å². The Balaban J connectivity index is 1.53. The molecule has 2 aromatic carbocycles. The summed E-state index contributed by atoms with van der Waals surface area (Å²) in [5.74, 6) is 6.69. The third-order valence-corrected chi connectivity index (χ3v) is 3.43. The number of aldehydes is 1. The van der Waals surface area contributed by atoms with Crippen molar-refractivity contribution in [3.05, 3.63) is 59.2 Å². The Bertz CT molecular complexity index is 836. The molecule has 1 N–H and O–H groups in total. The van der Waals surface area contributed by atoms with Gasteiger partial charge in [0.1, 0.15) is 6.61 Å². The van der Waals surface area contributed by atoms with E-state index in [1.807, 2.05) is 30.3 Å². The van der Waals surface area contributed by atoms with Crippen LogP contribution in [-0.2, 0) is 11.3 Å². The first kappa shape index (κ1) is 16.4. The number of alkyl carbamates (subject to hydrolysis) is 1. The maximum atomic E-state index is 11.6. The fourth-order valence-corrected chi connectivity index (χ4v) is 2.19. The molecule has 0 aromatic heterocycles. The lowest BCUT2D eigenvalue weighted by Gasteiger charge is -2.04. The number of rotatable bonds is 4. The minimum Gasteiger partial charge on any atom is -0.454 e. The van der Waals surface area contributed by atoms with Crippen molar-refractivity contribution in [1.29, 1.82) is 0 Å². The van der Waals surface area contributed by atoms with Gasteiger partial charge in [0.2, 0.25) is 6.79 Å². The third kappa shape index (κ3) is 4.30. The zero-order valence-corrected chi connectivity index (χ0v) is 13.3. The molecule has 126 valence electrons. The van der Waals surface area contributed by atoms with E-state index in [2.05, 4.69) is 17.2 Å². The fraction of sp³-hybridized carbons (Fsp3) is 0.158. The maximum Gasteiger partial charge on any atom is 0.408 e. The van der Waals surface area contributed by atoms with Crippen LogP contribution in [0.1, 0.15) is 21.5 Å². The highest BCUT2D eigenvalue weighted by Gasteiger charge is 2.16. The van der Waals surface area contributed by atoms with Gasteiger partial charge < -0.3 is 19.5 Å². The van der Waals surface area contributed by atoms with E-state index in [4.69, 9.17) is 14.2 Å². The Morgan fingerprint density at radius 1 is 1.20 bits per heavy atom. The summed E-state index contributed by atoms with van der Waals surface area (Å²) in [4.78, 5) is 22.7. The standard InChI is InChI=1S/C19H15NO5/c21-11-16-10-18-17(24-13-25-18)9-15(16)7-4-8-20-19(22)23-12-14-5-2-1-3-6-14/h1-3,5-6,9-11H,8,12-13H2,(H,20,22). The molecule has 0 spiro atoms. The van der Waals surface area contributed by atoms with Gasteiger partial charge in [-0.3, -0.25) is 4.79 Å². The second-order valence-electron chi connectivity index (χ2n) is 5.13. The molecule has 0 saturated heterocycles. The minimum absolute atomic E-state index is 0.0976. The van der Waals surface area contributed by atoms with Crippen LogP contribution in [0.15, 0.2) is 42.5 Å². The van der Waals surface area contributed by atoms with Crippen LogP contribution in [0.3, 0.4) is 0 Å². The molecule has 3 rings (SSSR count). The number of carbonyl (C=O) groups is 2. The average Bonchev–Trinajstić information content (AvgIpc) is 3.11. The van der Waals surface area contributed by atoms with Crippen LogP contribution in [0.2, 0.25) is 0 Å². The van der Waals surface area contributed by atoms with Gasteiger partial charge in [0.15, 0.2) is 17.8 Å². The summed E-state index contributed by atoms with van der Waals surface area (Å²) in [7, 11) is 0. The minimum atomic E-state index is -0.556. The second kappa shape index (κ2) is 7.88. The Labute approximate surface area is 144 Å². The number of ether oxygens (including phenoxy) is 3. The molecular formula is C19H15NO5. The highest BCUT2D eigenvalue weighted by Crippen LogP contribution is 2.34. The number of fused-ring (bicyclic) bond motifs is 1. The van der Waals surface area contributed by atoms with E-state index in [0.717, 1.165) is 5.56 Å². The Morgan fingerprint density at radius 2 is 1.96 bits per heavy atom. The lowest BCUT2D eigenvalue weighted by molar-refractivity contribution is 0.112. The summed E-state index contributed by atoms with van der Waals surface area (Å²) in [6, 6.07) is 12.6. The predicted molar refractivity (Wildman–Crippen MR) is 89.5 cm³/mol. The summed E-state index contributed by atoms with van der Waals surface area (Å²) < 4.78 is 15.6. The Morgan fingerprint density at radius 3 is 2.72 bits per heavy atom. The van der Waals surface area contributed by atoms with E-state index < -0.39 is 6.09 Å². The van der Waals surface area contributed by atoms with Crippen molar-refractivity contribution < 1.29 is 23.8 Å². The fourth-order valence-electron chi connectivity index (χ4n) is 2.19. The Hall–Kier alpha value is -3.46. The lowest BCUT2D eigenvalue weighted by atomic mass is 10.1. The van der Waals surface area contributed by atoms with Crippen LogP contribution < -0.4 is 14.8 Å². The largest absolute Gasteiger partial charge is 0.454 e. The van der Waals surface area contributed by atoms with E-state index >= 15 is 0 Å². The average molecular weight is 337 g/mol. The van der Waals surface area contributed by atoms with E-state index in [0.29, 0.717) is 28.9 Å². The van der Waals surface area contributed by atoms with E-state index in [-0.39, 0.29) is 19.9 Å². The van der Waals surface area contributed by atoms with Crippen LogP contribution in [0, 0.1) is 11.8 Å². The maximum absolute atomic E-state index is 11.6. The highest BCUT2D eigenvalue weighted by atomic mass is 16.7. The molecular weight excluding hydrogens is 322 g/mol. The molecule has 6 heteroatoms. The molecule has 2 aromatic rings. The molecule has 1 amide bonds. The number of nitrogens with one attached hydrogen (secondary N) is 1. The smallest absolute Gasteiger partial charge is 0.408 e. The summed E-state index contributed by atoms with van der Waals surface area (Å²) in [5, 5.41) is 2.53. The molecule has 25 heavy (non-hydrogen) atoms. The Kier molecular flexibility index (Phi) is 5.17. The van der Waals surface area contributed by atoms with Gasteiger partial charge in [-0.05, 0) is 11.6 Å². The van der Waals surface area contributed by atoms with E-state index in [1.54, 1.807) is 12.1 Å². The van der Waals surface area contributed by atoms with Gasteiger partial charge in [0.05, 0.1) is 6.54 Å². The summed E-state index contributed by atoms with van der Waals surface area (Å²) >= 11 is 0. The van der Waals surface area contributed by atoms with Crippen molar-refractivity contribution in [3.8, 4) is 23.3 Å². The molecule has 0 unspecified atom stereocenters. The highest BCUT2D eigenvalue weighted by molar-refractivity contribution is 5.81. The molecule has 6 nitrogen and oxygen atoms in total. The summed E-state index contributed by atoms with van der Waals surface area (Å²) in [5.41, 5.74) is 1.82. The monoisotopic (exact) mass is 337 g/mol. The van der Waals surface area contributed by atoms with Crippen LogP contribution >= 0.6 is 0 Å². The van der Waals surface area contributed by atoms with Gasteiger partial charge in [-0.25, -0.2) is 4.79 Å². The second-order valence-corrected chi connectivity index (χ2v) is 5.13. The normalized spacial score (nSPS) is 11.2. The van der Waals surface area contributed by atoms with E-state index in [1.165, 1.54) is 0 Å². The first-order valence-corrected chi connectivity index (χ1v) is 7.58. The number of carbonyl (C=O) groups excluding carboxylic acids is 2. The number of hydrogen-bond acceptors (Lipinski definition) is 5. The number of benzene rings is 2. The zero-order valence-electron chi connectivity index (χ0n) is 13.3. The van der Waals surface area contributed by atoms with Crippen LogP contribution in [0.5, 0.6) is 11.5 Å². The quantitative estimate of drug-likeness (QED) is 0.685. The first-order chi connectivity index (χ1) is 12.3. The van der Waals surface area contributed by atoms with Crippen LogP contribution in [0.4, 0.5) is 4.79 Å². The summed E-state index contributed by atoms with van der Waals surface area (Å²) in [6.07, 6.45) is 0.146. The predicted octanol–water partition coefficient (Wildman–Crippen LogP) is 2.51. The van der Waals surface area contributed by atoms with Crippen molar-refractivity contribution in [2.75, 3.05) is 13.3 Å². The lowest BCUT2D eigenvalue weighted by Crippen LogP contribution is -2.24. The molecule has 1 heterocycles. The van der Waals surface area contributed by atoms with Crippen molar-refractivity contribution in [3.63, 3.8) is 0 Å².